The summed E-state index contributed by atoms with van der Waals surface area (Å²) in [7, 11) is 2.06. The van der Waals surface area contributed by atoms with Crippen molar-refractivity contribution in [3.63, 3.8) is 0 Å². The van der Waals surface area contributed by atoms with Crippen molar-refractivity contribution in [2.24, 2.45) is 11.7 Å². The van der Waals surface area contributed by atoms with Crippen LogP contribution in [-0.4, -0.2) is 31.9 Å². The van der Waals surface area contributed by atoms with Crippen LogP contribution in [0.25, 0.3) is 11.1 Å². The quantitative estimate of drug-likeness (QED) is 0.697. The lowest BCUT2D eigenvalue weighted by Gasteiger charge is -2.27. The van der Waals surface area contributed by atoms with Crippen molar-refractivity contribution in [2.75, 3.05) is 18.9 Å². The van der Waals surface area contributed by atoms with E-state index in [1.165, 1.54) is 0 Å². The molecule has 2 heterocycles. The van der Waals surface area contributed by atoms with Crippen LogP contribution >= 0.6 is 0 Å². The lowest BCUT2D eigenvalue weighted by molar-refractivity contribution is 0.205. The van der Waals surface area contributed by atoms with Crippen LogP contribution in [-0.2, 0) is 11.3 Å². The monoisotopic (exact) mass is 369 g/mol. The standard InChI is InChI=1S/C20H28BN3O3/c1-13(2)9-20(3,22)12-27-15-5-6-16-17-8-19(24-21-25-4)23-10-14(17)11-26-18(16)7-15/h5-8,10,13,21H,9,11-12,22H2,1-4H3,(H,23,24). The minimum Gasteiger partial charge on any atom is -0.492 e. The summed E-state index contributed by atoms with van der Waals surface area (Å²) >= 11 is 0. The summed E-state index contributed by atoms with van der Waals surface area (Å²) in [5.41, 5.74) is 9.19. The fraction of sp³-hybridized carbons (Fsp3) is 0.450. The maximum Gasteiger partial charge on any atom is 0.395 e. The number of nitrogens with zero attached hydrogens (tertiary/aromatic N) is 1. The minimum atomic E-state index is -0.356. The van der Waals surface area contributed by atoms with Crippen molar-refractivity contribution in [1.29, 1.82) is 0 Å². The van der Waals surface area contributed by atoms with E-state index < -0.39 is 0 Å². The highest BCUT2D eigenvalue weighted by Crippen LogP contribution is 2.40. The van der Waals surface area contributed by atoms with Crippen LogP contribution in [0.4, 0.5) is 5.82 Å². The zero-order chi connectivity index (χ0) is 19.4. The number of hydrogen-bond donors (Lipinski definition) is 2. The second kappa shape index (κ2) is 8.19. The molecule has 0 aliphatic carbocycles. The van der Waals surface area contributed by atoms with Crippen LogP contribution in [0, 0.1) is 5.92 Å². The number of rotatable bonds is 8. The van der Waals surface area contributed by atoms with Gasteiger partial charge in [0.05, 0.1) is 0 Å². The molecular formula is C20H28BN3O3. The lowest BCUT2D eigenvalue weighted by atomic mass is 9.93. The average Bonchev–Trinajstić information content (AvgIpc) is 2.63. The predicted octanol–water partition coefficient (Wildman–Crippen LogP) is 3.11. The van der Waals surface area contributed by atoms with Crippen LogP contribution < -0.4 is 20.4 Å². The van der Waals surface area contributed by atoms with Gasteiger partial charge in [-0.25, -0.2) is 4.98 Å². The highest BCUT2D eigenvalue weighted by atomic mass is 16.5. The molecule has 0 saturated heterocycles. The molecule has 0 spiro atoms. The first-order valence-corrected chi connectivity index (χ1v) is 9.28. The molecule has 3 rings (SSSR count). The summed E-state index contributed by atoms with van der Waals surface area (Å²) in [4.78, 5) is 4.39. The topological polar surface area (TPSA) is 78.6 Å². The second-order valence-electron chi connectivity index (χ2n) is 7.82. The molecule has 1 aliphatic heterocycles. The van der Waals surface area contributed by atoms with E-state index in [2.05, 4.69) is 24.1 Å². The summed E-state index contributed by atoms with van der Waals surface area (Å²) in [5.74, 6) is 2.88. The summed E-state index contributed by atoms with van der Waals surface area (Å²) < 4.78 is 16.9. The van der Waals surface area contributed by atoms with E-state index in [0.717, 1.165) is 40.4 Å². The minimum absolute atomic E-state index is 0.356. The van der Waals surface area contributed by atoms with E-state index in [9.17, 15) is 0 Å². The first-order chi connectivity index (χ1) is 12.9. The van der Waals surface area contributed by atoms with Crippen LogP contribution in [0.3, 0.4) is 0 Å². The lowest BCUT2D eigenvalue weighted by Crippen LogP contribution is -2.43. The van der Waals surface area contributed by atoms with Gasteiger partial charge in [-0.2, -0.15) is 0 Å². The Morgan fingerprint density at radius 2 is 2.15 bits per heavy atom. The molecule has 1 atom stereocenters. The maximum absolute atomic E-state index is 6.34. The average molecular weight is 369 g/mol. The molecule has 1 aliphatic rings. The van der Waals surface area contributed by atoms with Gasteiger partial charge in [0.2, 0.25) is 0 Å². The third-order valence-electron chi connectivity index (χ3n) is 4.45. The Kier molecular flexibility index (Phi) is 5.92. The Morgan fingerprint density at radius 1 is 1.33 bits per heavy atom. The van der Waals surface area contributed by atoms with Crippen LogP contribution in [0.15, 0.2) is 30.5 Å². The molecule has 0 saturated carbocycles. The van der Waals surface area contributed by atoms with Crippen molar-refractivity contribution >= 4 is 13.4 Å². The largest absolute Gasteiger partial charge is 0.492 e. The Labute approximate surface area is 161 Å². The van der Waals surface area contributed by atoms with E-state index in [1.807, 2.05) is 37.4 Å². The molecule has 3 N–H and O–H groups in total. The highest BCUT2D eigenvalue weighted by molar-refractivity contribution is 6.32. The van der Waals surface area contributed by atoms with Gasteiger partial charge in [-0.3, -0.25) is 0 Å². The van der Waals surface area contributed by atoms with E-state index in [-0.39, 0.29) is 5.54 Å². The molecule has 1 aromatic heterocycles. The number of nitrogens with one attached hydrogen (secondary N) is 1. The number of ether oxygens (including phenoxy) is 2. The second-order valence-corrected chi connectivity index (χ2v) is 7.82. The maximum atomic E-state index is 6.34. The number of pyridine rings is 1. The van der Waals surface area contributed by atoms with Crippen molar-refractivity contribution in [3.8, 4) is 22.6 Å². The van der Waals surface area contributed by atoms with Crippen molar-refractivity contribution in [2.45, 2.75) is 39.3 Å². The first-order valence-electron chi connectivity index (χ1n) is 9.28. The number of hydrogen-bond acceptors (Lipinski definition) is 6. The molecule has 2 aromatic rings. The van der Waals surface area contributed by atoms with Gasteiger partial charge in [-0.15, -0.1) is 0 Å². The Morgan fingerprint density at radius 3 is 2.89 bits per heavy atom. The van der Waals surface area contributed by atoms with Gasteiger partial charge < -0.3 is 25.1 Å². The van der Waals surface area contributed by atoms with Gasteiger partial charge >= 0.3 is 7.62 Å². The van der Waals surface area contributed by atoms with Crippen LogP contribution in [0.2, 0.25) is 0 Å². The van der Waals surface area contributed by atoms with Crippen LogP contribution in [0.5, 0.6) is 11.5 Å². The fourth-order valence-electron chi connectivity index (χ4n) is 3.42. The Bertz CT molecular complexity index is 796. The summed E-state index contributed by atoms with van der Waals surface area (Å²) in [5, 5.41) is 3.13. The number of aromatic nitrogens is 1. The molecule has 144 valence electrons. The molecule has 1 aromatic carbocycles. The smallest absolute Gasteiger partial charge is 0.395 e. The molecule has 1 unspecified atom stereocenters. The first kappa shape index (κ1) is 19.5. The Hall–Kier alpha value is -2.25. The van der Waals surface area contributed by atoms with Gasteiger partial charge in [0.25, 0.3) is 0 Å². The molecule has 7 heteroatoms. The molecule has 0 amide bonds. The Balaban J connectivity index is 1.77. The van der Waals surface area contributed by atoms with Gasteiger partial charge in [0.15, 0.2) is 0 Å². The normalized spacial score (nSPS) is 14.6. The van der Waals surface area contributed by atoms with Crippen molar-refractivity contribution in [1.82, 2.24) is 4.98 Å². The van der Waals surface area contributed by atoms with Gasteiger partial charge in [-0.1, -0.05) is 13.8 Å². The molecule has 6 nitrogen and oxygen atoms in total. The number of nitrogens with two attached hydrogens (primary N) is 1. The SMILES string of the molecule is COBNc1cc2c(cn1)COc1cc(OCC(C)(N)CC(C)C)ccc1-2. The van der Waals surface area contributed by atoms with Crippen molar-refractivity contribution < 1.29 is 14.1 Å². The zero-order valence-corrected chi connectivity index (χ0v) is 16.5. The summed E-state index contributed by atoms with van der Waals surface area (Å²) in [6, 6.07) is 7.95. The third kappa shape index (κ3) is 4.93. The van der Waals surface area contributed by atoms with Gasteiger partial charge in [0, 0.05) is 36.0 Å². The molecule has 0 bridgehead atoms. The third-order valence-corrected chi connectivity index (χ3v) is 4.45. The van der Waals surface area contributed by atoms with E-state index in [0.29, 0.717) is 26.7 Å². The van der Waals surface area contributed by atoms with E-state index in [1.54, 1.807) is 7.11 Å². The fourth-order valence-corrected chi connectivity index (χ4v) is 3.42. The number of anilines is 1. The van der Waals surface area contributed by atoms with Crippen molar-refractivity contribution in [3.05, 3.63) is 36.0 Å². The zero-order valence-electron chi connectivity index (χ0n) is 16.5. The molecule has 0 fully saturated rings. The number of benzene rings is 1. The van der Waals surface area contributed by atoms with E-state index in [4.69, 9.17) is 19.9 Å². The highest BCUT2D eigenvalue weighted by Gasteiger charge is 2.22. The van der Waals surface area contributed by atoms with Crippen LogP contribution in [0.1, 0.15) is 32.8 Å². The molecule has 27 heavy (non-hydrogen) atoms. The molecule has 0 radical (unpaired) electrons. The van der Waals surface area contributed by atoms with E-state index >= 15 is 0 Å². The molecular weight excluding hydrogens is 341 g/mol. The number of fused-ring (bicyclic) bond motifs is 3. The summed E-state index contributed by atoms with van der Waals surface area (Å²) in [6.45, 7) is 7.32. The van der Waals surface area contributed by atoms with Gasteiger partial charge in [-0.05, 0) is 43.0 Å². The predicted molar refractivity (Wildman–Crippen MR) is 109 cm³/mol. The van der Waals surface area contributed by atoms with Gasteiger partial charge in [0.1, 0.15) is 30.5 Å². The summed E-state index contributed by atoms with van der Waals surface area (Å²) in [6.07, 6.45) is 2.75.